The number of hydrogen-bond acceptors (Lipinski definition) is 3. The van der Waals surface area contributed by atoms with E-state index >= 15 is 0 Å². The third kappa shape index (κ3) is 2.25. The summed E-state index contributed by atoms with van der Waals surface area (Å²) in [5, 5.41) is 4.69. The zero-order valence-electron chi connectivity index (χ0n) is 10.6. The summed E-state index contributed by atoms with van der Waals surface area (Å²) in [6.45, 7) is 0.350. The van der Waals surface area contributed by atoms with Crippen LogP contribution in [0.15, 0.2) is 53.5 Å². The van der Waals surface area contributed by atoms with Crippen molar-refractivity contribution in [1.29, 1.82) is 0 Å². The van der Waals surface area contributed by atoms with Crippen LogP contribution < -0.4 is 11.2 Å². The lowest BCUT2D eigenvalue weighted by atomic mass is 10.2. The first kappa shape index (κ1) is 12.3. The number of anilines is 1. The largest absolute Gasteiger partial charge is 0.399 e. The molecule has 0 fully saturated rings. The second-order valence-corrected chi connectivity index (χ2v) is 4.58. The van der Waals surface area contributed by atoms with E-state index in [-0.39, 0.29) is 11.2 Å². The van der Waals surface area contributed by atoms with Crippen molar-refractivity contribution in [2.45, 2.75) is 6.54 Å². The number of nitrogens with two attached hydrogens (primary N) is 1. The average molecular weight is 269 g/mol. The smallest absolute Gasteiger partial charge is 0.207 e. The van der Waals surface area contributed by atoms with Gasteiger partial charge in [-0.1, -0.05) is 12.1 Å². The van der Waals surface area contributed by atoms with E-state index in [1.165, 1.54) is 18.3 Å². The van der Waals surface area contributed by atoms with Gasteiger partial charge in [0.2, 0.25) is 5.43 Å². The number of aromatic nitrogens is 2. The molecule has 0 aliphatic carbocycles. The summed E-state index contributed by atoms with van der Waals surface area (Å²) in [6, 6.07) is 11.6. The van der Waals surface area contributed by atoms with Crippen LogP contribution >= 0.6 is 0 Å². The monoisotopic (exact) mass is 269 g/mol. The van der Waals surface area contributed by atoms with Crippen LogP contribution in [0.1, 0.15) is 5.56 Å². The Morgan fingerprint density at radius 1 is 1.20 bits per heavy atom. The molecule has 0 aliphatic heterocycles. The van der Waals surface area contributed by atoms with E-state index in [0.29, 0.717) is 28.7 Å². The number of nitrogen functional groups attached to an aromatic ring is 1. The predicted molar refractivity (Wildman–Crippen MR) is 75.9 cm³/mol. The maximum Gasteiger partial charge on any atom is 0.207 e. The van der Waals surface area contributed by atoms with Gasteiger partial charge in [-0.3, -0.25) is 9.48 Å². The Hall–Kier alpha value is -2.69. The molecule has 3 rings (SSSR count). The molecule has 1 aromatic heterocycles. The highest BCUT2D eigenvalue weighted by Gasteiger charge is 2.05. The second-order valence-electron chi connectivity index (χ2n) is 4.58. The van der Waals surface area contributed by atoms with Gasteiger partial charge in [-0.05, 0) is 35.9 Å². The summed E-state index contributed by atoms with van der Waals surface area (Å²) in [5.74, 6) is -0.384. The minimum atomic E-state index is -0.384. The van der Waals surface area contributed by atoms with E-state index < -0.39 is 0 Å². The van der Waals surface area contributed by atoms with Crippen LogP contribution in [0.2, 0.25) is 0 Å². The summed E-state index contributed by atoms with van der Waals surface area (Å²) >= 11 is 0. The Bertz CT molecular complexity index is 822. The Morgan fingerprint density at radius 2 is 2.00 bits per heavy atom. The molecule has 2 N–H and O–H groups in total. The molecule has 0 bridgehead atoms. The summed E-state index contributed by atoms with van der Waals surface area (Å²) in [4.78, 5) is 11.7. The quantitative estimate of drug-likeness (QED) is 0.725. The highest BCUT2D eigenvalue weighted by Crippen LogP contribution is 2.14. The normalized spacial score (nSPS) is 10.8. The van der Waals surface area contributed by atoms with Crippen molar-refractivity contribution in [2.75, 3.05) is 5.73 Å². The van der Waals surface area contributed by atoms with Crippen LogP contribution in [0.5, 0.6) is 0 Å². The molecule has 0 radical (unpaired) electrons. The van der Waals surface area contributed by atoms with Crippen molar-refractivity contribution in [2.24, 2.45) is 0 Å². The summed E-state index contributed by atoms with van der Waals surface area (Å²) in [7, 11) is 0. The highest BCUT2D eigenvalue weighted by molar-refractivity contribution is 5.78. The van der Waals surface area contributed by atoms with Gasteiger partial charge in [0.1, 0.15) is 5.82 Å². The zero-order chi connectivity index (χ0) is 14.1. The number of hydrogen-bond donors (Lipinski definition) is 1. The number of para-hydroxylation sites is 1. The minimum absolute atomic E-state index is 0.129. The zero-order valence-corrected chi connectivity index (χ0v) is 10.6. The van der Waals surface area contributed by atoms with E-state index in [1.54, 1.807) is 22.9 Å². The highest BCUT2D eigenvalue weighted by atomic mass is 19.1. The molecule has 100 valence electrons. The molecule has 0 saturated carbocycles. The van der Waals surface area contributed by atoms with E-state index in [4.69, 9.17) is 5.73 Å². The van der Waals surface area contributed by atoms with Gasteiger partial charge in [-0.25, -0.2) is 4.39 Å². The molecule has 0 spiro atoms. The van der Waals surface area contributed by atoms with Crippen LogP contribution in [-0.4, -0.2) is 9.78 Å². The van der Waals surface area contributed by atoms with Crippen molar-refractivity contribution >= 4 is 16.6 Å². The molecule has 0 unspecified atom stereocenters. The van der Waals surface area contributed by atoms with Crippen LogP contribution in [0, 0.1) is 5.82 Å². The molecule has 1 heterocycles. The van der Waals surface area contributed by atoms with Gasteiger partial charge in [0.25, 0.3) is 0 Å². The molecule has 5 heteroatoms. The van der Waals surface area contributed by atoms with Crippen molar-refractivity contribution in [3.63, 3.8) is 0 Å². The Labute approximate surface area is 114 Å². The van der Waals surface area contributed by atoms with Crippen LogP contribution in [-0.2, 0) is 6.54 Å². The van der Waals surface area contributed by atoms with Crippen LogP contribution in [0.4, 0.5) is 10.1 Å². The lowest BCUT2D eigenvalue weighted by Gasteiger charge is -2.09. The van der Waals surface area contributed by atoms with Gasteiger partial charge in [-0.2, -0.15) is 5.10 Å². The predicted octanol–water partition coefficient (Wildman–Crippen LogP) is 2.17. The molecular weight excluding hydrogens is 257 g/mol. The van der Waals surface area contributed by atoms with Gasteiger partial charge >= 0.3 is 0 Å². The Balaban J connectivity index is 2.11. The molecule has 0 saturated heterocycles. The van der Waals surface area contributed by atoms with E-state index in [2.05, 4.69) is 5.10 Å². The van der Waals surface area contributed by atoms with Gasteiger partial charge in [0, 0.05) is 11.1 Å². The third-order valence-corrected chi connectivity index (χ3v) is 3.07. The minimum Gasteiger partial charge on any atom is -0.399 e. The summed E-state index contributed by atoms with van der Waals surface area (Å²) in [6.07, 6.45) is 1.27. The number of nitrogens with zero attached hydrogens (tertiary/aromatic N) is 2. The lowest BCUT2D eigenvalue weighted by molar-refractivity contribution is 0.621. The molecule has 0 aliphatic rings. The first-order chi connectivity index (χ1) is 9.63. The maximum absolute atomic E-state index is 13.3. The van der Waals surface area contributed by atoms with Gasteiger partial charge in [0.15, 0.2) is 0 Å². The van der Waals surface area contributed by atoms with Crippen molar-refractivity contribution in [1.82, 2.24) is 9.78 Å². The van der Waals surface area contributed by atoms with E-state index in [9.17, 15) is 9.18 Å². The molecule has 3 aromatic rings. The van der Waals surface area contributed by atoms with Crippen LogP contribution in [0.25, 0.3) is 10.9 Å². The molecular formula is C15H12FN3O. The first-order valence-electron chi connectivity index (χ1n) is 6.13. The number of rotatable bonds is 2. The molecule has 0 amide bonds. The van der Waals surface area contributed by atoms with Crippen molar-refractivity contribution in [3.05, 3.63) is 70.3 Å². The van der Waals surface area contributed by atoms with Crippen LogP contribution in [0.3, 0.4) is 0 Å². The van der Waals surface area contributed by atoms with Gasteiger partial charge < -0.3 is 5.73 Å². The fourth-order valence-electron chi connectivity index (χ4n) is 2.23. The van der Waals surface area contributed by atoms with E-state index in [1.807, 2.05) is 12.1 Å². The lowest BCUT2D eigenvalue weighted by Crippen LogP contribution is -2.13. The molecule has 20 heavy (non-hydrogen) atoms. The molecule has 0 atom stereocenters. The number of halogens is 1. The Kier molecular flexibility index (Phi) is 2.95. The van der Waals surface area contributed by atoms with Gasteiger partial charge in [-0.15, -0.1) is 0 Å². The summed E-state index contributed by atoms with van der Waals surface area (Å²) < 4.78 is 15.0. The fraction of sp³-hybridized carbons (Fsp3) is 0.0667. The number of fused-ring (bicyclic) bond motifs is 1. The molecule has 2 aromatic carbocycles. The SMILES string of the molecule is Nc1cc(F)cc(Cn2ncc(=O)c3ccccc32)c1. The second kappa shape index (κ2) is 4.77. The first-order valence-corrected chi connectivity index (χ1v) is 6.13. The average Bonchev–Trinajstić information content (AvgIpc) is 2.41. The van der Waals surface area contributed by atoms with Crippen molar-refractivity contribution < 1.29 is 4.39 Å². The third-order valence-electron chi connectivity index (χ3n) is 3.07. The maximum atomic E-state index is 13.3. The van der Waals surface area contributed by atoms with Gasteiger partial charge in [0.05, 0.1) is 18.3 Å². The Morgan fingerprint density at radius 3 is 2.80 bits per heavy atom. The standard InChI is InChI=1S/C15H12FN3O/c16-11-5-10(6-12(17)7-11)9-19-14-4-2-1-3-13(14)15(20)8-18-19/h1-8H,9,17H2. The fourth-order valence-corrected chi connectivity index (χ4v) is 2.23. The van der Waals surface area contributed by atoms with Crippen molar-refractivity contribution in [3.8, 4) is 0 Å². The number of benzene rings is 2. The summed E-state index contributed by atoms with van der Waals surface area (Å²) in [5.41, 5.74) is 7.28. The molecule has 4 nitrogen and oxygen atoms in total. The topological polar surface area (TPSA) is 60.9 Å². The van der Waals surface area contributed by atoms with E-state index in [0.717, 1.165) is 0 Å².